The van der Waals surface area contributed by atoms with Crippen LogP contribution in [0.15, 0.2) is 16.6 Å². The van der Waals surface area contributed by atoms with E-state index < -0.39 is 0 Å². The number of methoxy groups -OCH3 is 1. The lowest BCUT2D eigenvalue weighted by atomic mass is 10.3. The molecule has 0 amide bonds. The lowest BCUT2D eigenvalue weighted by molar-refractivity contribution is 0.320. The van der Waals surface area contributed by atoms with Crippen molar-refractivity contribution in [3.63, 3.8) is 0 Å². The number of rotatable bonds is 4. The highest BCUT2D eigenvalue weighted by molar-refractivity contribution is 9.10. The number of hydrogen-bond acceptors (Lipinski definition) is 4. The zero-order chi connectivity index (χ0) is 10.6. The third-order valence-electron chi connectivity index (χ3n) is 1.61. The van der Waals surface area contributed by atoms with Crippen molar-refractivity contribution >= 4 is 15.9 Å². The molecule has 0 aromatic heterocycles. The molecule has 1 rings (SSSR count). The van der Waals surface area contributed by atoms with E-state index in [1.54, 1.807) is 6.07 Å². The summed E-state index contributed by atoms with van der Waals surface area (Å²) >= 11 is 3.30. The molecule has 1 aromatic rings. The highest BCUT2D eigenvalue weighted by atomic mass is 79.9. The van der Waals surface area contributed by atoms with E-state index in [4.69, 9.17) is 15.2 Å². The number of hydrogen-bond donors (Lipinski definition) is 2. The van der Waals surface area contributed by atoms with Gasteiger partial charge in [0.2, 0.25) is 0 Å². The smallest absolute Gasteiger partial charge is 0.161 e. The van der Waals surface area contributed by atoms with E-state index in [1.165, 1.54) is 13.2 Å². The van der Waals surface area contributed by atoms with Crippen molar-refractivity contribution in [3.8, 4) is 17.2 Å². The first-order chi connectivity index (χ1) is 6.69. The number of phenols is 1. The lowest BCUT2D eigenvalue weighted by Crippen LogP contribution is -2.10. The molecule has 0 atom stereocenters. The van der Waals surface area contributed by atoms with Gasteiger partial charge in [-0.1, -0.05) is 0 Å². The van der Waals surface area contributed by atoms with Crippen molar-refractivity contribution in [2.24, 2.45) is 5.73 Å². The van der Waals surface area contributed by atoms with Gasteiger partial charge in [-0.3, -0.25) is 0 Å². The second-order valence-corrected chi connectivity index (χ2v) is 3.45. The summed E-state index contributed by atoms with van der Waals surface area (Å²) in [7, 11) is 1.49. The maximum absolute atomic E-state index is 9.46. The van der Waals surface area contributed by atoms with Crippen LogP contribution in [0.1, 0.15) is 0 Å². The topological polar surface area (TPSA) is 64.7 Å². The van der Waals surface area contributed by atoms with Crippen LogP contribution < -0.4 is 15.2 Å². The van der Waals surface area contributed by atoms with E-state index in [2.05, 4.69) is 15.9 Å². The molecule has 0 saturated heterocycles. The Kier molecular flexibility index (Phi) is 4.03. The van der Waals surface area contributed by atoms with Gasteiger partial charge in [0, 0.05) is 18.7 Å². The number of aromatic hydroxyl groups is 1. The molecular formula is C9H12BrNO3. The number of phenolic OH excluding ortho intramolecular Hbond substituents is 1. The minimum Gasteiger partial charge on any atom is -0.504 e. The Balaban J connectivity index is 2.90. The largest absolute Gasteiger partial charge is 0.504 e. The zero-order valence-corrected chi connectivity index (χ0v) is 9.37. The molecule has 0 bridgehead atoms. The van der Waals surface area contributed by atoms with Gasteiger partial charge in [0.25, 0.3) is 0 Å². The first-order valence-electron chi connectivity index (χ1n) is 4.08. The summed E-state index contributed by atoms with van der Waals surface area (Å²) in [6, 6.07) is 3.12. The number of halogens is 1. The van der Waals surface area contributed by atoms with Crippen LogP contribution in [-0.4, -0.2) is 25.4 Å². The fourth-order valence-electron chi connectivity index (χ4n) is 0.967. The van der Waals surface area contributed by atoms with Crippen molar-refractivity contribution in [1.82, 2.24) is 0 Å². The maximum atomic E-state index is 9.46. The van der Waals surface area contributed by atoms with E-state index in [0.717, 1.165) is 4.47 Å². The van der Waals surface area contributed by atoms with E-state index in [-0.39, 0.29) is 5.75 Å². The van der Waals surface area contributed by atoms with Gasteiger partial charge in [-0.05, 0) is 15.9 Å². The Morgan fingerprint density at radius 1 is 1.43 bits per heavy atom. The van der Waals surface area contributed by atoms with Crippen LogP contribution in [-0.2, 0) is 0 Å². The van der Waals surface area contributed by atoms with E-state index in [9.17, 15) is 5.11 Å². The van der Waals surface area contributed by atoms with Crippen LogP contribution in [0.2, 0.25) is 0 Å². The number of benzene rings is 1. The van der Waals surface area contributed by atoms with Gasteiger partial charge in [-0.15, -0.1) is 0 Å². The van der Waals surface area contributed by atoms with Crippen molar-refractivity contribution in [3.05, 3.63) is 16.6 Å². The molecule has 4 nitrogen and oxygen atoms in total. The average Bonchev–Trinajstić information content (AvgIpc) is 2.18. The molecule has 0 aliphatic heterocycles. The minimum atomic E-state index is 0.0442. The summed E-state index contributed by atoms with van der Waals surface area (Å²) in [4.78, 5) is 0. The van der Waals surface area contributed by atoms with Gasteiger partial charge in [0.05, 0.1) is 11.6 Å². The second-order valence-electron chi connectivity index (χ2n) is 2.59. The Morgan fingerprint density at radius 2 is 2.14 bits per heavy atom. The first-order valence-corrected chi connectivity index (χ1v) is 4.87. The van der Waals surface area contributed by atoms with Crippen molar-refractivity contribution in [2.75, 3.05) is 20.3 Å². The average molecular weight is 262 g/mol. The molecule has 1 aromatic carbocycles. The summed E-state index contributed by atoms with van der Waals surface area (Å²) in [5.74, 6) is 0.994. The molecule has 14 heavy (non-hydrogen) atoms. The molecule has 0 spiro atoms. The van der Waals surface area contributed by atoms with Crippen LogP contribution >= 0.6 is 15.9 Å². The van der Waals surface area contributed by atoms with Crippen LogP contribution in [0.4, 0.5) is 0 Å². The molecule has 78 valence electrons. The van der Waals surface area contributed by atoms with Crippen LogP contribution in [0, 0.1) is 0 Å². The molecule has 0 aliphatic rings. The summed E-state index contributed by atoms with van der Waals surface area (Å²) in [6.07, 6.45) is 0. The minimum absolute atomic E-state index is 0.0442. The summed E-state index contributed by atoms with van der Waals surface area (Å²) in [5.41, 5.74) is 5.29. The maximum Gasteiger partial charge on any atom is 0.161 e. The van der Waals surface area contributed by atoms with Crippen molar-refractivity contribution < 1.29 is 14.6 Å². The Labute approximate surface area is 90.8 Å². The van der Waals surface area contributed by atoms with E-state index in [1.807, 2.05) is 0 Å². The monoisotopic (exact) mass is 261 g/mol. The number of ether oxygens (including phenoxy) is 2. The highest BCUT2D eigenvalue weighted by Crippen LogP contribution is 2.36. The lowest BCUT2D eigenvalue weighted by Gasteiger charge is -2.09. The Morgan fingerprint density at radius 3 is 2.71 bits per heavy atom. The fraction of sp³-hybridized carbons (Fsp3) is 0.333. The fourth-order valence-corrected chi connectivity index (χ4v) is 1.40. The predicted molar refractivity (Wildman–Crippen MR) is 56.9 cm³/mol. The van der Waals surface area contributed by atoms with Gasteiger partial charge < -0.3 is 20.3 Å². The van der Waals surface area contributed by atoms with E-state index >= 15 is 0 Å². The van der Waals surface area contributed by atoms with Gasteiger partial charge >= 0.3 is 0 Å². The molecule has 5 heteroatoms. The summed E-state index contributed by atoms with van der Waals surface area (Å²) in [6.45, 7) is 0.837. The standard InChI is InChI=1S/C9H12BrNO3/c1-13-9-4-6(10)8(5-7(9)12)14-3-2-11/h4-5,12H,2-3,11H2,1H3. The molecule has 0 fully saturated rings. The molecular weight excluding hydrogens is 250 g/mol. The molecule has 0 saturated carbocycles. The molecule has 0 unspecified atom stereocenters. The van der Waals surface area contributed by atoms with Crippen LogP contribution in [0.25, 0.3) is 0 Å². The van der Waals surface area contributed by atoms with Gasteiger partial charge in [0.15, 0.2) is 11.5 Å². The molecule has 0 radical (unpaired) electrons. The predicted octanol–water partition coefficient (Wildman–Crippen LogP) is 1.50. The molecule has 0 heterocycles. The van der Waals surface area contributed by atoms with Gasteiger partial charge in [0.1, 0.15) is 12.4 Å². The normalized spacial score (nSPS) is 9.93. The zero-order valence-electron chi connectivity index (χ0n) is 7.79. The SMILES string of the molecule is COc1cc(Br)c(OCCN)cc1O. The first kappa shape index (κ1) is 11.1. The Hall–Kier alpha value is -0.940. The summed E-state index contributed by atoms with van der Waals surface area (Å²) < 4.78 is 10.9. The Bertz CT molecular complexity index is 317. The van der Waals surface area contributed by atoms with Crippen LogP contribution in [0.3, 0.4) is 0 Å². The highest BCUT2D eigenvalue weighted by Gasteiger charge is 2.08. The van der Waals surface area contributed by atoms with Crippen molar-refractivity contribution in [2.45, 2.75) is 0 Å². The van der Waals surface area contributed by atoms with Gasteiger partial charge in [-0.2, -0.15) is 0 Å². The van der Waals surface area contributed by atoms with E-state index in [0.29, 0.717) is 24.7 Å². The third kappa shape index (κ3) is 2.52. The molecule has 0 aliphatic carbocycles. The summed E-state index contributed by atoms with van der Waals surface area (Å²) in [5, 5.41) is 9.46. The van der Waals surface area contributed by atoms with Crippen molar-refractivity contribution in [1.29, 1.82) is 0 Å². The second kappa shape index (κ2) is 5.07. The third-order valence-corrected chi connectivity index (χ3v) is 2.23. The van der Waals surface area contributed by atoms with Gasteiger partial charge in [-0.25, -0.2) is 0 Å². The van der Waals surface area contributed by atoms with Crippen LogP contribution in [0.5, 0.6) is 17.2 Å². The number of nitrogens with two attached hydrogens (primary N) is 1. The quantitative estimate of drug-likeness (QED) is 0.863. The molecule has 3 N–H and O–H groups in total.